The molecule has 2 aromatic heterocycles. The van der Waals surface area contributed by atoms with Gasteiger partial charge in [-0.05, 0) is 13.0 Å². The van der Waals surface area contributed by atoms with E-state index in [1.54, 1.807) is 30.5 Å². The number of thiazole rings is 1. The number of nitrogens with zero attached hydrogens (tertiary/aromatic N) is 3. The van der Waals surface area contributed by atoms with Crippen molar-refractivity contribution in [1.29, 1.82) is 0 Å². The second-order valence-electron chi connectivity index (χ2n) is 5.34. The Morgan fingerprint density at radius 3 is 2.77 bits per heavy atom. The van der Waals surface area contributed by atoms with Crippen LogP contribution < -0.4 is 15.4 Å². The SMILES string of the molecule is CN=C(NCCc1ncc(C)s1)NCc1cccnc1OCC(F)(F)F. The average Bonchev–Trinajstić information content (AvgIpc) is 3.01. The van der Waals surface area contributed by atoms with Gasteiger partial charge in [-0.25, -0.2) is 9.97 Å². The van der Waals surface area contributed by atoms with E-state index in [2.05, 4.69) is 25.6 Å². The molecular formula is C16H20F3N5OS. The summed E-state index contributed by atoms with van der Waals surface area (Å²) in [6.07, 6.45) is -0.434. The third-order valence-corrected chi connectivity index (χ3v) is 4.17. The van der Waals surface area contributed by atoms with Crippen LogP contribution in [0.4, 0.5) is 13.2 Å². The third-order valence-electron chi connectivity index (χ3n) is 3.19. The molecule has 0 radical (unpaired) electrons. The maximum atomic E-state index is 12.3. The lowest BCUT2D eigenvalue weighted by Crippen LogP contribution is -2.38. The van der Waals surface area contributed by atoms with Crippen molar-refractivity contribution in [2.24, 2.45) is 4.99 Å². The predicted octanol–water partition coefficient (Wildman–Crippen LogP) is 2.70. The van der Waals surface area contributed by atoms with E-state index in [-0.39, 0.29) is 12.4 Å². The average molecular weight is 387 g/mol. The zero-order valence-corrected chi connectivity index (χ0v) is 15.2. The molecule has 0 unspecified atom stereocenters. The van der Waals surface area contributed by atoms with E-state index in [9.17, 15) is 13.2 Å². The summed E-state index contributed by atoms with van der Waals surface area (Å²) in [5.74, 6) is 0.481. The van der Waals surface area contributed by atoms with Gasteiger partial charge in [-0.15, -0.1) is 11.3 Å². The highest BCUT2D eigenvalue weighted by molar-refractivity contribution is 7.11. The monoisotopic (exact) mass is 387 g/mol. The van der Waals surface area contributed by atoms with Crippen LogP contribution >= 0.6 is 11.3 Å². The van der Waals surface area contributed by atoms with Gasteiger partial charge in [0.1, 0.15) is 0 Å². The van der Waals surface area contributed by atoms with E-state index in [1.807, 2.05) is 13.1 Å². The van der Waals surface area contributed by atoms with Crippen LogP contribution in [0, 0.1) is 6.92 Å². The number of aryl methyl sites for hydroxylation is 1. The molecule has 2 heterocycles. The maximum absolute atomic E-state index is 12.3. The van der Waals surface area contributed by atoms with Gasteiger partial charge in [0.2, 0.25) is 5.88 Å². The second-order valence-corrected chi connectivity index (χ2v) is 6.66. The lowest BCUT2D eigenvalue weighted by molar-refractivity contribution is -0.154. The van der Waals surface area contributed by atoms with Crippen LogP contribution in [0.15, 0.2) is 29.5 Å². The lowest BCUT2D eigenvalue weighted by Gasteiger charge is -2.14. The van der Waals surface area contributed by atoms with Gasteiger partial charge in [0.05, 0.1) is 5.01 Å². The first-order chi connectivity index (χ1) is 12.4. The number of nitrogens with one attached hydrogen (secondary N) is 2. The molecule has 0 saturated heterocycles. The van der Waals surface area contributed by atoms with Gasteiger partial charge in [-0.3, -0.25) is 4.99 Å². The number of ether oxygens (including phenoxy) is 1. The highest BCUT2D eigenvalue weighted by atomic mass is 32.1. The molecule has 6 nitrogen and oxygen atoms in total. The van der Waals surface area contributed by atoms with Crippen molar-refractivity contribution in [3.8, 4) is 5.88 Å². The Morgan fingerprint density at radius 1 is 1.31 bits per heavy atom. The minimum absolute atomic E-state index is 0.0500. The number of rotatable bonds is 7. The van der Waals surface area contributed by atoms with Crippen molar-refractivity contribution < 1.29 is 17.9 Å². The zero-order valence-electron chi connectivity index (χ0n) is 14.4. The molecule has 0 fully saturated rings. The smallest absolute Gasteiger partial charge is 0.422 e. The number of aliphatic imine (C=N–C) groups is 1. The van der Waals surface area contributed by atoms with E-state index in [0.29, 0.717) is 18.1 Å². The van der Waals surface area contributed by atoms with Crippen LogP contribution in [0.5, 0.6) is 5.88 Å². The Balaban J connectivity index is 1.84. The Morgan fingerprint density at radius 2 is 2.12 bits per heavy atom. The summed E-state index contributed by atoms with van der Waals surface area (Å²) < 4.78 is 41.7. The highest BCUT2D eigenvalue weighted by Crippen LogP contribution is 2.19. The van der Waals surface area contributed by atoms with Crippen molar-refractivity contribution in [2.75, 3.05) is 20.2 Å². The normalized spacial score (nSPS) is 12.1. The lowest BCUT2D eigenvalue weighted by atomic mass is 10.2. The van der Waals surface area contributed by atoms with Crippen molar-refractivity contribution >= 4 is 17.3 Å². The topological polar surface area (TPSA) is 71.4 Å². The van der Waals surface area contributed by atoms with Gasteiger partial charge in [0.25, 0.3) is 0 Å². The molecule has 0 atom stereocenters. The molecule has 0 spiro atoms. The van der Waals surface area contributed by atoms with Crippen molar-refractivity contribution in [1.82, 2.24) is 20.6 Å². The maximum Gasteiger partial charge on any atom is 0.422 e. The number of halogens is 3. The summed E-state index contributed by atoms with van der Waals surface area (Å²) in [5.41, 5.74) is 0.509. The molecule has 142 valence electrons. The highest BCUT2D eigenvalue weighted by Gasteiger charge is 2.29. The van der Waals surface area contributed by atoms with Crippen molar-refractivity contribution in [3.63, 3.8) is 0 Å². The standard InChI is InChI=1S/C16H20F3N5OS/c1-11-8-23-13(26-11)5-7-22-15(20-2)24-9-12-4-3-6-21-14(12)25-10-16(17,18)19/h3-4,6,8H,5,7,9-10H2,1-2H3,(H2,20,22,24). The number of pyridine rings is 1. The minimum Gasteiger partial charge on any atom is -0.468 e. The fraction of sp³-hybridized carbons (Fsp3) is 0.438. The van der Waals surface area contributed by atoms with E-state index in [4.69, 9.17) is 4.74 Å². The Bertz CT molecular complexity index is 733. The first-order valence-corrected chi connectivity index (χ1v) is 8.68. The summed E-state index contributed by atoms with van der Waals surface area (Å²) in [5, 5.41) is 7.20. The van der Waals surface area contributed by atoms with Crippen molar-refractivity contribution in [2.45, 2.75) is 26.1 Å². The Labute approximate surface area is 153 Å². The number of hydrogen-bond acceptors (Lipinski definition) is 5. The summed E-state index contributed by atoms with van der Waals surface area (Å²) in [6.45, 7) is 1.49. The molecule has 0 aliphatic carbocycles. The van der Waals surface area contributed by atoms with Gasteiger partial charge < -0.3 is 15.4 Å². The molecule has 2 rings (SSSR count). The van der Waals surface area contributed by atoms with Crippen LogP contribution in [-0.4, -0.2) is 42.3 Å². The number of aromatic nitrogens is 2. The van der Waals surface area contributed by atoms with Gasteiger partial charge in [0.15, 0.2) is 12.6 Å². The van der Waals surface area contributed by atoms with Gasteiger partial charge in [-0.1, -0.05) is 6.07 Å². The third kappa shape index (κ3) is 6.87. The molecule has 0 aromatic carbocycles. The van der Waals surface area contributed by atoms with Crippen LogP contribution in [-0.2, 0) is 13.0 Å². The van der Waals surface area contributed by atoms with E-state index in [0.717, 1.165) is 16.3 Å². The molecule has 10 heteroatoms. The van der Waals surface area contributed by atoms with Crippen molar-refractivity contribution in [3.05, 3.63) is 40.0 Å². The summed E-state index contributed by atoms with van der Waals surface area (Å²) >= 11 is 1.64. The number of alkyl halides is 3. The Kier molecular flexibility index (Phi) is 7.19. The Hall–Kier alpha value is -2.36. The molecule has 0 bridgehead atoms. The predicted molar refractivity (Wildman–Crippen MR) is 94.5 cm³/mol. The quantitative estimate of drug-likeness (QED) is 0.565. The fourth-order valence-electron chi connectivity index (χ4n) is 2.04. The molecule has 0 aliphatic rings. The largest absolute Gasteiger partial charge is 0.468 e. The summed E-state index contributed by atoms with van der Waals surface area (Å²) in [6, 6.07) is 3.29. The molecule has 0 aliphatic heterocycles. The van der Waals surface area contributed by atoms with Gasteiger partial charge in [-0.2, -0.15) is 13.2 Å². The van der Waals surface area contributed by atoms with E-state index >= 15 is 0 Å². The zero-order chi connectivity index (χ0) is 19.0. The molecule has 2 N–H and O–H groups in total. The van der Waals surface area contributed by atoms with E-state index in [1.165, 1.54) is 6.20 Å². The van der Waals surface area contributed by atoms with Crippen LogP contribution in [0.3, 0.4) is 0 Å². The molecule has 2 aromatic rings. The summed E-state index contributed by atoms with van der Waals surface area (Å²) in [4.78, 5) is 13.4. The molecule has 0 saturated carbocycles. The molecule has 26 heavy (non-hydrogen) atoms. The summed E-state index contributed by atoms with van der Waals surface area (Å²) in [7, 11) is 1.62. The number of guanidine groups is 1. The molecule has 0 amide bonds. The minimum atomic E-state index is -4.41. The van der Waals surface area contributed by atoms with Crippen LogP contribution in [0.1, 0.15) is 15.4 Å². The van der Waals surface area contributed by atoms with Gasteiger partial charge >= 0.3 is 6.18 Å². The van der Waals surface area contributed by atoms with Crippen LogP contribution in [0.2, 0.25) is 0 Å². The second kappa shape index (κ2) is 9.37. The van der Waals surface area contributed by atoms with Gasteiger partial charge in [0, 0.05) is 49.4 Å². The fourth-order valence-corrected chi connectivity index (χ4v) is 2.83. The first kappa shape index (κ1) is 20.0. The van der Waals surface area contributed by atoms with E-state index < -0.39 is 12.8 Å². The molecular weight excluding hydrogens is 367 g/mol. The van der Waals surface area contributed by atoms with Crippen LogP contribution in [0.25, 0.3) is 0 Å². The number of hydrogen-bond donors (Lipinski definition) is 2. The first-order valence-electron chi connectivity index (χ1n) is 7.86.